The minimum Gasteiger partial charge on any atom is -0.497 e. The van der Waals surface area contributed by atoms with Crippen LogP contribution in [0.3, 0.4) is 0 Å². The van der Waals surface area contributed by atoms with Crippen molar-refractivity contribution in [3.8, 4) is 5.75 Å². The number of methoxy groups -OCH3 is 1. The second-order valence-electron chi connectivity index (χ2n) is 5.48. The fraction of sp³-hybridized carbons (Fsp3) is 0.533. The molecule has 0 heterocycles. The van der Waals surface area contributed by atoms with Crippen molar-refractivity contribution in [3.05, 3.63) is 29.8 Å². The Labute approximate surface area is 116 Å². The first-order chi connectivity index (χ1) is 8.94. The zero-order valence-corrected chi connectivity index (χ0v) is 12.6. The molecule has 106 valence electrons. The maximum atomic E-state index is 5.21. The number of hydrogen-bond acceptors (Lipinski definition) is 2. The van der Waals surface area contributed by atoms with E-state index in [1.54, 1.807) is 14.2 Å². The van der Waals surface area contributed by atoms with Crippen LogP contribution in [0.1, 0.15) is 26.3 Å². The number of ether oxygens (including phenoxy) is 1. The lowest BCUT2D eigenvalue weighted by Crippen LogP contribution is -2.48. The van der Waals surface area contributed by atoms with E-state index >= 15 is 0 Å². The van der Waals surface area contributed by atoms with Gasteiger partial charge in [0.05, 0.1) is 7.11 Å². The van der Waals surface area contributed by atoms with E-state index in [0.717, 1.165) is 24.7 Å². The lowest BCUT2D eigenvalue weighted by molar-refractivity contribution is 0.414. The molecule has 0 radical (unpaired) electrons. The molecule has 1 aromatic rings. The van der Waals surface area contributed by atoms with Crippen molar-refractivity contribution < 1.29 is 4.74 Å². The van der Waals surface area contributed by atoms with E-state index in [9.17, 15) is 0 Å². The molecular formula is C15H25N3O. The fourth-order valence-corrected chi connectivity index (χ4v) is 1.69. The molecule has 2 N–H and O–H groups in total. The van der Waals surface area contributed by atoms with Gasteiger partial charge >= 0.3 is 0 Å². The monoisotopic (exact) mass is 263 g/mol. The molecule has 0 unspecified atom stereocenters. The Hall–Kier alpha value is -1.71. The van der Waals surface area contributed by atoms with E-state index in [0.29, 0.717) is 0 Å². The van der Waals surface area contributed by atoms with Gasteiger partial charge in [-0.25, -0.2) is 0 Å². The average Bonchev–Trinajstić information content (AvgIpc) is 2.36. The standard InChI is InChI=1S/C15H25N3O/c1-15(2,3)18-14(16-4)17-10-9-12-7-6-8-13(11-12)19-5/h6-8,11H,9-10H2,1-5H3,(H2,16,17,18). The second kappa shape index (κ2) is 7.02. The van der Waals surface area contributed by atoms with E-state index in [1.807, 2.05) is 12.1 Å². The first kappa shape index (κ1) is 15.3. The molecular weight excluding hydrogens is 238 g/mol. The first-order valence-corrected chi connectivity index (χ1v) is 6.56. The maximum Gasteiger partial charge on any atom is 0.191 e. The van der Waals surface area contributed by atoms with E-state index in [4.69, 9.17) is 4.74 Å². The lowest BCUT2D eigenvalue weighted by atomic mass is 10.1. The van der Waals surface area contributed by atoms with Crippen molar-refractivity contribution in [1.29, 1.82) is 0 Å². The van der Waals surface area contributed by atoms with E-state index < -0.39 is 0 Å². The normalized spacial score (nSPS) is 12.2. The molecule has 0 aliphatic heterocycles. The van der Waals surface area contributed by atoms with Gasteiger partial charge in [-0.15, -0.1) is 0 Å². The highest BCUT2D eigenvalue weighted by Gasteiger charge is 2.11. The summed E-state index contributed by atoms with van der Waals surface area (Å²) in [6, 6.07) is 8.12. The summed E-state index contributed by atoms with van der Waals surface area (Å²) in [4.78, 5) is 4.21. The molecule has 0 spiro atoms. The topological polar surface area (TPSA) is 45.7 Å². The smallest absolute Gasteiger partial charge is 0.191 e. The Morgan fingerprint density at radius 3 is 2.63 bits per heavy atom. The van der Waals surface area contributed by atoms with Crippen LogP contribution in [-0.2, 0) is 6.42 Å². The van der Waals surface area contributed by atoms with Gasteiger partial charge in [0, 0.05) is 19.1 Å². The quantitative estimate of drug-likeness (QED) is 0.646. The average molecular weight is 263 g/mol. The van der Waals surface area contributed by atoms with Crippen LogP contribution in [-0.4, -0.2) is 32.2 Å². The van der Waals surface area contributed by atoms with E-state index in [-0.39, 0.29) is 5.54 Å². The molecule has 4 nitrogen and oxygen atoms in total. The molecule has 0 fully saturated rings. The van der Waals surface area contributed by atoms with Crippen LogP contribution in [0.25, 0.3) is 0 Å². The van der Waals surface area contributed by atoms with Gasteiger partial charge in [-0.3, -0.25) is 4.99 Å². The summed E-state index contributed by atoms with van der Waals surface area (Å²) in [6.07, 6.45) is 0.933. The van der Waals surface area contributed by atoms with Crippen molar-refractivity contribution in [2.75, 3.05) is 20.7 Å². The van der Waals surface area contributed by atoms with Crippen LogP contribution in [0.15, 0.2) is 29.3 Å². The summed E-state index contributed by atoms with van der Waals surface area (Å²) in [6.45, 7) is 7.18. The number of nitrogens with one attached hydrogen (secondary N) is 2. The molecule has 0 aliphatic rings. The van der Waals surface area contributed by atoms with Gasteiger partial charge in [0.2, 0.25) is 0 Å². The SMILES string of the molecule is CN=C(NCCc1cccc(OC)c1)NC(C)(C)C. The highest BCUT2D eigenvalue weighted by Crippen LogP contribution is 2.12. The van der Waals surface area contributed by atoms with Crippen molar-refractivity contribution in [3.63, 3.8) is 0 Å². The van der Waals surface area contributed by atoms with Crippen molar-refractivity contribution in [1.82, 2.24) is 10.6 Å². The van der Waals surface area contributed by atoms with Crippen LogP contribution in [0.4, 0.5) is 0 Å². The van der Waals surface area contributed by atoms with Crippen LogP contribution in [0.5, 0.6) is 5.75 Å². The van der Waals surface area contributed by atoms with Gasteiger partial charge in [-0.2, -0.15) is 0 Å². The largest absolute Gasteiger partial charge is 0.497 e. The number of benzene rings is 1. The van der Waals surface area contributed by atoms with Crippen molar-refractivity contribution >= 4 is 5.96 Å². The molecule has 0 amide bonds. The Morgan fingerprint density at radius 1 is 1.32 bits per heavy atom. The molecule has 0 aromatic heterocycles. The van der Waals surface area contributed by atoms with Gasteiger partial charge in [0.1, 0.15) is 5.75 Å². The number of nitrogens with zero attached hydrogens (tertiary/aromatic N) is 1. The van der Waals surface area contributed by atoms with Gasteiger partial charge in [-0.05, 0) is 44.9 Å². The molecule has 0 aliphatic carbocycles. The predicted molar refractivity (Wildman–Crippen MR) is 80.9 cm³/mol. The minimum atomic E-state index is 0.0117. The summed E-state index contributed by atoms with van der Waals surface area (Å²) in [7, 11) is 3.47. The number of rotatable bonds is 4. The van der Waals surface area contributed by atoms with Gasteiger partial charge in [0.25, 0.3) is 0 Å². The highest BCUT2D eigenvalue weighted by molar-refractivity contribution is 5.80. The minimum absolute atomic E-state index is 0.0117. The molecule has 1 rings (SSSR count). The first-order valence-electron chi connectivity index (χ1n) is 6.56. The summed E-state index contributed by atoms with van der Waals surface area (Å²) >= 11 is 0. The zero-order chi connectivity index (χ0) is 14.3. The van der Waals surface area contributed by atoms with E-state index in [1.165, 1.54) is 5.56 Å². The third-order valence-electron chi connectivity index (χ3n) is 2.56. The van der Waals surface area contributed by atoms with Gasteiger partial charge in [0.15, 0.2) is 5.96 Å². The van der Waals surface area contributed by atoms with E-state index in [2.05, 4.69) is 48.5 Å². The molecule has 0 atom stereocenters. The van der Waals surface area contributed by atoms with Crippen molar-refractivity contribution in [2.24, 2.45) is 4.99 Å². The predicted octanol–water partition coefficient (Wildman–Crippen LogP) is 2.20. The van der Waals surface area contributed by atoms with Crippen LogP contribution in [0, 0.1) is 0 Å². The Balaban J connectivity index is 2.44. The fourth-order valence-electron chi connectivity index (χ4n) is 1.69. The highest BCUT2D eigenvalue weighted by atomic mass is 16.5. The van der Waals surface area contributed by atoms with Crippen LogP contribution in [0.2, 0.25) is 0 Å². The third kappa shape index (κ3) is 6.13. The molecule has 4 heteroatoms. The van der Waals surface area contributed by atoms with Gasteiger partial charge in [-0.1, -0.05) is 12.1 Å². The summed E-state index contributed by atoms with van der Waals surface area (Å²) in [5.41, 5.74) is 1.26. The Bertz CT molecular complexity index is 422. The molecule has 0 saturated carbocycles. The maximum absolute atomic E-state index is 5.21. The van der Waals surface area contributed by atoms with Crippen LogP contribution >= 0.6 is 0 Å². The summed E-state index contributed by atoms with van der Waals surface area (Å²) in [5, 5.41) is 6.64. The number of hydrogen-bond donors (Lipinski definition) is 2. The molecule has 1 aromatic carbocycles. The summed E-state index contributed by atoms with van der Waals surface area (Å²) in [5.74, 6) is 1.73. The molecule has 0 bridgehead atoms. The summed E-state index contributed by atoms with van der Waals surface area (Å²) < 4.78 is 5.21. The Kier molecular flexibility index (Phi) is 5.67. The Morgan fingerprint density at radius 2 is 2.05 bits per heavy atom. The number of aliphatic imine (C=N–C) groups is 1. The van der Waals surface area contributed by atoms with Crippen LogP contribution < -0.4 is 15.4 Å². The molecule has 19 heavy (non-hydrogen) atoms. The van der Waals surface area contributed by atoms with Crippen molar-refractivity contribution in [2.45, 2.75) is 32.7 Å². The lowest BCUT2D eigenvalue weighted by Gasteiger charge is -2.23. The second-order valence-corrected chi connectivity index (χ2v) is 5.48. The number of guanidine groups is 1. The molecule has 0 saturated heterocycles. The zero-order valence-electron chi connectivity index (χ0n) is 12.6. The van der Waals surface area contributed by atoms with Gasteiger partial charge < -0.3 is 15.4 Å². The third-order valence-corrected chi connectivity index (χ3v) is 2.56.